The number of rotatable bonds is 4. The number of carbonyl (C=O) groups excluding carboxylic acids is 1. The molecule has 0 amide bonds. The molecule has 0 aromatic heterocycles. The number of hydrogen-bond acceptors (Lipinski definition) is 2. The summed E-state index contributed by atoms with van der Waals surface area (Å²) in [6, 6.07) is 0. The van der Waals surface area contributed by atoms with Gasteiger partial charge in [-0.25, -0.2) is 0 Å². The lowest BCUT2D eigenvalue weighted by Crippen LogP contribution is -2.27. The van der Waals surface area contributed by atoms with Crippen molar-refractivity contribution < 1.29 is 14.7 Å². The van der Waals surface area contributed by atoms with Gasteiger partial charge in [0.2, 0.25) is 0 Å². The van der Waals surface area contributed by atoms with E-state index in [2.05, 4.69) is 6.58 Å². The van der Waals surface area contributed by atoms with Crippen LogP contribution in [-0.4, -0.2) is 16.9 Å². The fourth-order valence-corrected chi connectivity index (χ4v) is 0.862. The van der Waals surface area contributed by atoms with Crippen LogP contribution < -0.4 is 0 Å². The van der Waals surface area contributed by atoms with Crippen LogP contribution in [0.2, 0.25) is 0 Å². The van der Waals surface area contributed by atoms with Crippen LogP contribution in [-0.2, 0) is 9.59 Å². The first-order chi connectivity index (χ1) is 5.00. The topological polar surface area (TPSA) is 54.4 Å². The van der Waals surface area contributed by atoms with E-state index in [1.165, 1.54) is 0 Å². The zero-order valence-electron chi connectivity index (χ0n) is 6.70. The van der Waals surface area contributed by atoms with E-state index in [-0.39, 0.29) is 5.92 Å². The molecule has 0 aliphatic heterocycles. The van der Waals surface area contributed by atoms with Gasteiger partial charge in [-0.2, -0.15) is 0 Å². The molecular weight excluding hydrogens is 144 g/mol. The summed E-state index contributed by atoms with van der Waals surface area (Å²) in [5.74, 6) is -2.62. The lowest BCUT2D eigenvalue weighted by atomic mass is 9.92. The Morgan fingerprint density at radius 1 is 1.45 bits per heavy atom. The highest BCUT2D eigenvalue weighted by Gasteiger charge is 2.26. The molecule has 3 nitrogen and oxygen atoms in total. The van der Waals surface area contributed by atoms with E-state index in [1.807, 2.05) is 0 Å². The number of allylic oxidation sites excluding steroid dienone is 1. The van der Waals surface area contributed by atoms with Gasteiger partial charge < -0.3 is 5.11 Å². The molecule has 0 aliphatic carbocycles. The Hall–Kier alpha value is -1.12. The minimum atomic E-state index is -1.08. The van der Waals surface area contributed by atoms with Crippen molar-refractivity contribution in [1.29, 1.82) is 0 Å². The van der Waals surface area contributed by atoms with Crippen LogP contribution in [0.1, 0.15) is 13.8 Å². The first kappa shape index (κ1) is 9.88. The Morgan fingerprint density at radius 2 is 1.91 bits per heavy atom. The molecule has 0 aromatic carbocycles. The van der Waals surface area contributed by atoms with Gasteiger partial charge in [-0.05, 0) is 12.0 Å². The first-order valence-corrected chi connectivity index (χ1v) is 3.39. The highest BCUT2D eigenvalue weighted by molar-refractivity contribution is 6.04. The van der Waals surface area contributed by atoms with Crippen molar-refractivity contribution in [2.75, 3.05) is 0 Å². The Balaban J connectivity index is 4.46. The highest BCUT2D eigenvalue weighted by Crippen LogP contribution is 2.12. The van der Waals surface area contributed by atoms with Crippen LogP contribution in [0.4, 0.5) is 0 Å². The Kier molecular flexibility index (Phi) is 3.51. The first-order valence-electron chi connectivity index (χ1n) is 3.39. The average Bonchev–Trinajstić information content (AvgIpc) is 1.85. The summed E-state index contributed by atoms with van der Waals surface area (Å²) in [5, 5.41) is 8.58. The van der Waals surface area contributed by atoms with Crippen molar-refractivity contribution in [2.24, 2.45) is 11.8 Å². The minimum absolute atomic E-state index is 0.182. The fraction of sp³-hybridized carbons (Fsp3) is 0.500. The molecule has 3 heteroatoms. The van der Waals surface area contributed by atoms with E-state index in [9.17, 15) is 9.59 Å². The second kappa shape index (κ2) is 3.91. The maximum Gasteiger partial charge on any atom is 0.314 e. The molecule has 0 radical (unpaired) electrons. The number of aliphatic carboxylic acids is 1. The van der Waals surface area contributed by atoms with Crippen molar-refractivity contribution in [1.82, 2.24) is 0 Å². The second-order valence-electron chi connectivity index (χ2n) is 2.67. The zero-order chi connectivity index (χ0) is 9.02. The Morgan fingerprint density at radius 3 is 2.00 bits per heavy atom. The summed E-state index contributed by atoms with van der Waals surface area (Å²) in [5.41, 5.74) is 0. The maximum atomic E-state index is 10.9. The van der Waals surface area contributed by atoms with Crippen molar-refractivity contribution in [3.8, 4) is 0 Å². The number of hydrogen-bond donors (Lipinski definition) is 1. The van der Waals surface area contributed by atoms with Crippen LogP contribution in [0.15, 0.2) is 12.7 Å². The fourth-order valence-electron chi connectivity index (χ4n) is 0.862. The van der Waals surface area contributed by atoms with E-state index in [4.69, 9.17) is 5.11 Å². The molecule has 11 heavy (non-hydrogen) atoms. The molecule has 1 unspecified atom stereocenters. The van der Waals surface area contributed by atoms with Gasteiger partial charge in [0.1, 0.15) is 5.92 Å². The third kappa shape index (κ3) is 2.53. The third-order valence-electron chi connectivity index (χ3n) is 1.44. The van der Waals surface area contributed by atoms with E-state index < -0.39 is 17.7 Å². The standard InChI is InChI=1S/C8H12O3/c1-4-6(9)7(5(2)3)8(10)11/h4-5,7H,1H2,2-3H3,(H,10,11). The summed E-state index contributed by atoms with van der Waals surface area (Å²) in [6.07, 6.45) is 1.05. The van der Waals surface area contributed by atoms with E-state index in [0.717, 1.165) is 6.08 Å². The summed E-state index contributed by atoms with van der Waals surface area (Å²) < 4.78 is 0. The molecule has 1 N–H and O–H groups in total. The minimum Gasteiger partial charge on any atom is -0.481 e. The maximum absolute atomic E-state index is 10.9. The number of carboxylic acids is 1. The average molecular weight is 156 g/mol. The number of carboxylic acid groups (broad SMARTS) is 1. The van der Waals surface area contributed by atoms with Crippen molar-refractivity contribution >= 4 is 11.8 Å². The van der Waals surface area contributed by atoms with Crippen LogP contribution in [0, 0.1) is 11.8 Å². The smallest absolute Gasteiger partial charge is 0.314 e. The molecule has 0 aliphatic rings. The number of carbonyl (C=O) groups is 2. The van der Waals surface area contributed by atoms with E-state index in [1.54, 1.807) is 13.8 Å². The largest absolute Gasteiger partial charge is 0.481 e. The SMILES string of the molecule is C=CC(=O)C(C(=O)O)C(C)C. The second-order valence-corrected chi connectivity index (χ2v) is 2.67. The molecule has 0 bridgehead atoms. The summed E-state index contributed by atoms with van der Waals surface area (Å²) in [7, 11) is 0. The van der Waals surface area contributed by atoms with Crippen LogP contribution in [0.3, 0.4) is 0 Å². The van der Waals surface area contributed by atoms with E-state index >= 15 is 0 Å². The van der Waals surface area contributed by atoms with Gasteiger partial charge in [-0.3, -0.25) is 9.59 Å². The Labute approximate surface area is 65.7 Å². The number of ketones is 1. The van der Waals surface area contributed by atoms with Crippen LogP contribution >= 0.6 is 0 Å². The lowest BCUT2D eigenvalue weighted by molar-refractivity contribution is -0.146. The van der Waals surface area contributed by atoms with Crippen LogP contribution in [0.5, 0.6) is 0 Å². The molecule has 1 atom stereocenters. The van der Waals surface area contributed by atoms with Gasteiger partial charge in [0.15, 0.2) is 5.78 Å². The zero-order valence-corrected chi connectivity index (χ0v) is 6.70. The predicted octanol–water partition coefficient (Wildman–Crippen LogP) is 1.10. The van der Waals surface area contributed by atoms with E-state index in [0.29, 0.717) is 0 Å². The summed E-state index contributed by atoms with van der Waals surface area (Å²) in [6.45, 7) is 6.62. The predicted molar refractivity (Wildman–Crippen MR) is 41.2 cm³/mol. The van der Waals surface area contributed by atoms with Gasteiger partial charge in [-0.15, -0.1) is 0 Å². The van der Waals surface area contributed by atoms with Crippen molar-refractivity contribution in [3.63, 3.8) is 0 Å². The molecule has 0 heterocycles. The van der Waals surface area contributed by atoms with Crippen molar-refractivity contribution in [2.45, 2.75) is 13.8 Å². The van der Waals surface area contributed by atoms with Gasteiger partial charge in [0, 0.05) is 0 Å². The third-order valence-corrected chi connectivity index (χ3v) is 1.44. The Bertz CT molecular complexity index is 182. The molecule has 0 fully saturated rings. The van der Waals surface area contributed by atoms with Gasteiger partial charge in [0.25, 0.3) is 0 Å². The molecular formula is C8H12O3. The molecule has 62 valence electrons. The highest BCUT2D eigenvalue weighted by atomic mass is 16.4. The normalized spacial score (nSPS) is 12.6. The molecule has 0 saturated carbocycles. The summed E-state index contributed by atoms with van der Waals surface area (Å²) >= 11 is 0. The van der Waals surface area contributed by atoms with Crippen LogP contribution in [0.25, 0.3) is 0 Å². The van der Waals surface area contributed by atoms with Gasteiger partial charge in [0.05, 0.1) is 0 Å². The van der Waals surface area contributed by atoms with Gasteiger partial charge >= 0.3 is 5.97 Å². The molecule has 0 saturated heterocycles. The van der Waals surface area contributed by atoms with Crippen molar-refractivity contribution in [3.05, 3.63) is 12.7 Å². The molecule has 0 rings (SSSR count). The quantitative estimate of drug-likeness (QED) is 0.489. The molecule has 0 spiro atoms. The molecule has 0 aromatic rings. The summed E-state index contributed by atoms with van der Waals surface area (Å²) in [4.78, 5) is 21.4. The monoisotopic (exact) mass is 156 g/mol. The van der Waals surface area contributed by atoms with Gasteiger partial charge in [-0.1, -0.05) is 20.4 Å². The lowest BCUT2D eigenvalue weighted by Gasteiger charge is -2.11.